The van der Waals surface area contributed by atoms with Crippen LogP contribution < -0.4 is 4.74 Å². The maximum Gasteiger partial charge on any atom is 0.245 e. The van der Waals surface area contributed by atoms with Crippen LogP contribution >= 0.6 is 0 Å². The number of para-hydroxylation sites is 1. The van der Waals surface area contributed by atoms with Crippen LogP contribution in [-0.4, -0.2) is 59.4 Å². The number of hydrogen-bond donors (Lipinski definition) is 0. The SMILES string of the molecule is CCN1CCN(C(=O)Cc2ccccc2OC)C(Cc2ccc(-c3ccncc3)cc2)C1=O. The average Bonchev–Trinajstić information content (AvgIpc) is 2.86. The van der Waals surface area contributed by atoms with Gasteiger partial charge in [0.05, 0.1) is 13.5 Å². The van der Waals surface area contributed by atoms with Crippen LogP contribution in [0, 0.1) is 0 Å². The molecule has 0 spiro atoms. The van der Waals surface area contributed by atoms with Gasteiger partial charge in [-0.15, -0.1) is 0 Å². The monoisotopic (exact) mass is 443 g/mol. The van der Waals surface area contributed by atoms with Gasteiger partial charge in [-0.2, -0.15) is 0 Å². The fourth-order valence-electron chi connectivity index (χ4n) is 4.36. The van der Waals surface area contributed by atoms with Gasteiger partial charge in [-0.3, -0.25) is 14.6 Å². The number of benzene rings is 2. The molecule has 6 heteroatoms. The highest BCUT2D eigenvalue weighted by atomic mass is 16.5. The molecule has 0 aliphatic carbocycles. The third-order valence-corrected chi connectivity index (χ3v) is 6.22. The molecule has 1 unspecified atom stereocenters. The number of piperazine rings is 1. The Hall–Kier alpha value is -3.67. The Morgan fingerprint density at radius 1 is 1.00 bits per heavy atom. The van der Waals surface area contributed by atoms with Crippen molar-refractivity contribution in [3.63, 3.8) is 0 Å². The average molecular weight is 444 g/mol. The molecule has 1 atom stereocenters. The van der Waals surface area contributed by atoms with Crippen molar-refractivity contribution in [1.29, 1.82) is 0 Å². The molecule has 2 heterocycles. The number of nitrogens with zero attached hydrogens (tertiary/aromatic N) is 3. The highest BCUT2D eigenvalue weighted by Crippen LogP contribution is 2.24. The molecule has 2 aromatic carbocycles. The Labute approximate surface area is 194 Å². The second-order valence-corrected chi connectivity index (χ2v) is 8.15. The van der Waals surface area contributed by atoms with E-state index in [2.05, 4.69) is 17.1 Å². The smallest absolute Gasteiger partial charge is 0.245 e. The standard InChI is InChI=1S/C27H29N3O3/c1-3-29-16-17-30(26(31)19-23-6-4-5-7-25(23)33-2)24(27(29)32)18-20-8-10-21(11-9-20)22-12-14-28-15-13-22/h4-15,24H,3,16-19H2,1-2H3. The van der Waals surface area contributed by atoms with Gasteiger partial charge in [0.25, 0.3) is 0 Å². The lowest BCUT2D eigenvalue weighted by atomic mass is 9.98. The van der Waals surface area contributed by atoms with Crippen molar-refractivity contribution < 1.29 is 14.3 Å². The van der Waals surface area contributed by atoms with Crippen LogP contribution in [-0.2, 0) is 22.4 Å². The first-order chi connectivity index (χ1) is 16.1. The van der Waals surface area contributed by atoms with Crippen molar-refractivity contribution in [1.82, 2.24) is 14.8 Å². The second kappa shape index (κ2) is 10.3. The molecule has 0 bridgehead atoms. The van der Waals surface area contributed by atoms with Crippen LogP contribution in [0.3, 0.4) is 0 Å². The van der Waals surface area contributed by atoms with Crippen LogP contribution in [0.5, 0.6) is 5.75 Å². The van der Waals surface area contributed by atoms with E-state index in [9.17, 15) is 9.59 Å². The van der Waals surface area contributed by atoms with E-state index in [1.807, 2.05) is 60.4 Å². The quantitative estimate of drug-likeness (QED) is 0.560. The number of likely N-dealkylation sites (N-methyl/N-ethyl adjacent to an activating group) is 1. The summed E-state index contributed by atoms with van der Waals surface area (Å²) in [6, 6.07) is 19.1. The van der Waals surface area contributed by atoms with Crippen LogP contribution in [0.25, 0.3) is 11.1 Å². The molecule has 0 saturated carbocycles. The number of amides is 2. The lowest BCUT2D eigenvalue weighted by Gasteiger charge is -2.40. The van der Waals surface area contributed by atoms with Gasteiger partial charge in [0.1, 0.15) is 11.8 Å². The topological polar surface area (TPSA) is 62.7 Å². The van der Waals surface area contributed by atoms with E-state index in [-0.39, 0.29) is 18.2 Å². The van der Waals surface area contributed by atoms with E-state index in [4.69, 9.17) is 4.74 Å². The zero-order chi connectivity index (χ0) is 23.2. The van der Waals surface area contributed by atoms with Gasteiger partial charge in [0.2, 0.25) is 11.8 Å². The third kappa shape index (κ3) is 5.06. The van der Waals surface area contributed by atoms with E-state index in [1.165, 1.54) is 0 Å². The van der Waals surface area contributed by atoms with Crippen LogP contribution in [0.2, 0.25) is 0 Å². The number of carbonyl (C=O) groups excluding carboxylic acids is 2. The number of ether oxygens (including phenoxy) is 1. The largest absolute Gasteiger partial charge is 0.496 e. The second-order valence-electron chi connectivity index (χ2n) is 8.15. The van der Waals surface area contributed by atoms with Gasteiger partial charge in [-0.1, -0.05) is 42.5 Å². The summed E-state index contributed by atoms with van der Waals surface area (Å²) in [7, 11) is 1.60. The van der Waals surface area contributed by atoms with E-state index in [1.54, 1.807) is 24.4 Å². The van der Waals surface area contributed by atoms with E-state index >= 15 is 0 Å². The Bertz CT molecular complexity index is 1100. The van der Waals surface area contributed by atoms with Crippen molar-refractivity contribution in [2.24, 2.45) is 0 Å². The lowest BCUT2D eigenvalue weighted by Crippen LogP contribution is -2.59. The maximum atomic E-state index is 13.3. The molecule has 4 rings (SSSR count). The number of carbonyl (C=O) groups is 2. The van der Waals surface area contributed by atoms with Crippen LogP contribution in [0.15, 0.2) is 73.1 Å². The van der Waals surface area contributed by atoms with E-state index < -0.39 is 6.04 Å². The zero-order valence-corrected chi connectivity index (χ0v) is 19.1. The molecule has 0 N–H and O–H groups in total. The van der Waals surface area contributed by atoms with E-state index in [0.717, 1.165) is 22.3 Å². The van der Waals surface area contributed by atoms with Gasteiger partial charge in [0.15, 0.2) is 0 Å². The normalized spacial score (nSPS) is 16.1. The fraction of sp³-hybridized carbons (Fsp3) is 0.296. The summed E-state index contributed by atoms with van der Waals surface area (Å²) < 4.78 is 5.41. The maximum absolute atomic E-state index is 13.3. The molecule has 1 fully saturated rings. The summed E-state index contributed by atoms with van der Waals surface area (Å²) in [5, 5.41) is 0. The number of methoxy groups -OCH3 is 1. The molecule has 3 aromatic rings. The summed E-state index contributed by atoms with van der Waals surface area (Å²) >= 11 is 0. The molecule has 2 amide bonds. The Morgan fingerprint density at radius 3 is 2.39 bits per heavy atom. The van der Waals surface area contributed by atoms with Gasteiger partial charge in [-0.05, 0) is 41.8 Å². The number of rotatable bonds is 7. The molecule has 1 saturated heterocycles. The molecule has 33 heavy (non-hydrogen) atoms. The third-order valence-electron chi connectivity index (χ3n) is 6.22. The molecule has 6 nitrogen and oxygen atoms in total. The predicted molar refractivity (Wildman–Crippen MR) is 128 cm³/mol. The zero-order valence-electron chi connectivity index (χ0n) is 19.1. The Morgan fingerprint density at radius 2 is 1.70 bits per heavy atom. The van der Waals surface area contributed by atoms with Crippen molar-refractivity contribution in [3.8, 4) is 16.9 Å². The summed E-state index contributed by atoms with van der Waals surface area (Å²) in [6.45, 7) is 3.72. The molecular formula is C27H29N3O3. The minimum absolute atomic E-state index is 0.00957. The van der Waals surface area contributed by atoms with Gasteiger partial charge >= 0.3 is 0 Å². The first-order valence-corrected chi connectivity index (χ1v) is 11.3. The van der Waals surface area contributed by atoms with Crippen LogP contribution in [0.1, 0.15) is 18.1 Å². The summed E-state index contributed by atoms with van der Waals surface area (Å²) in [6.07, 6.45) is 4.24. The first-order valence-electron chi connectivity index (χ1n) is 11.3. The summed E-state index contributed by atoms with van der Waals surface area (Å²) in [4.78, 5) is 34.2. The van der Waals surface area contributed by atoms with Crippen molar-refractivity contribution in [2.75, 3.05) is 26.7 Å². The van der Waals surface area contributed by atoms with Gasteiger partial charge in [-0.25, -0.2) is 0 Å². The predicted octanol–water partition coefficient (Wildman–Crippen LogP) is 3.60. The number of aromatic nitrogens is 1. The van der Waals surface area contributed by atoms with Crippen molar-refractivity contribution in [3.05, 3.63) is 84.2 Å². The van der Waals surface area contributed by atoms with Crippen LogP contribution in [0.4, 0.5) is 0 Å². The van der Waals surface area contributed by atoms with Gasteiger partial charge in [0, 0.05) is 44.0 Å². The molecule has 1 aliphatic rings. The summed E-state index contributed by atoms with van der Waals surface area (Å²) in [5.41, 5.74) is 4.04. The highest BCUT2D eigenvalue weighted by molar-refractivity contribution is 5.90. The molecule has 1 aromatic heterocycles. The Balaban J connectivity index is 1.54. The van der Waals surface area contributed by atoms with Crippen molar-refractivity contribution >= 4 is 11.8 Å². The minimum atomic E-state index is -0.507. The minimum Gasteiger partial charge on any atom is -0.496 e. The Kier molecular flexibility index (Phi) is 7.03. The van der Waals surface area contributed by atoms with Crippen molar-refractivity contribution in [2.45, 2.75) is 25.8 Å². The molecule has 170 valence electrons. The first kappa shape index (κ1) is 22.5. The molecular weight excluding hydrogens is 414 g/mol. The molecule has 1 aliphatic heterocycles. The van der Waals surface area contributed by atoms with E-state index in [0.29, 0.717) is 31.8 Å². The number of pyridine rings is 1. The number of hydrogen-bond acceptors (Lipinski definition) is 4. The molecule has 0 radical (unpaired) electrons. The van der Waals surface area contributed by atoms with Gasteiger partial charge < -0.3 is 14.5 Å². The lowest BCUT2D eigenvalue weighted by molar-refractivity contribution is -0.150. The highest BCUT2D eigenvalue weighted by Gasteiger charge is 2.36. The fourth-order valence-corrected chi connectivity index (χ4v) is 4.36. The summed E-state index contributed by atoms with van der Waals surface area (Å²) in [5.74, 6) is 0.643.